The zero-order valence-corrected chi connectivity index (χ0v) is 16.6. The van der Waals surface area contributed by atoms with Crippen molar-refractivity contribution >= 4 is 34.3 Å². The third-order valence-corrected chi connectivity index (χ3v) is 6.12. The van der Waals surface area contributed by atoms with Gasteiger partial charge in [0.25, 0.3) is 0 Å². The van der Waals surface area contributed by atoms with Crippen molar-refractivity contribution < 1.29 is 19.4 Å². The van der Waals surface area contributed by atoms with Crippen LogP contribution in [0.4, 0.5) is 5.82 Å². The smallest absolute Gasteiger partial charge is 0.337 e. The first-order valence-corrected chi connectivity index (χ1v) is 9.90. The molecule has 2 atom stereocenters. The number of aromatic amines is 1. The fourth-order valence-corrected chi connectivity index (χ4v) is 4.57. The van der Waals surface area contributed by atoms with E-state index in [9.17, 15) is 9.90 Å². The number of halogens is 1. The largest absolute Gasteiger partial charge is 0.480 e. The quantitative estimate of drug-likeness (QED) is 0.673. The number of carboxylic acids is 1. The van der Waals surface area contributed by atoms with E-state index in [0.29, 0.717) is 33.4 Å². The molecule has 5 heterocycles. The number of hydrogen-bond acceptors (Lipinski definition) is 5. The van der Waals surface area contributed by atoms with Gasteiger partial charge in [-0.3, -0.25) is 0 Å². The van der Waals surface area contributed by atoms with Crippen LogP contribution in [-0.2, 0) is 4.74 Å². The number of aromatic nitrogens is 2. The summed E-state index contributed by atoms with van der Waals surface area (Å²) in [5.41, 5.74) is 2.27. The Hall–Kier alpha value is -2.77. The first kappa shape index (κ1) is 18.3. The molecule has 0 radical (unpaired) electrons. The highest BCUT2D eigenvalue weighted by atomic mass is 35.5. The maximum Gasteiger partial charge on any atom is 0.337 e. The van der Waals surface area contributed by atoms with Gasteiger partial charge >= 0.3 is 5.97 Å². The van der Waals surface area contributed by atoms with Crippen molar-refractivity contribution in [3.63, 3.8) is 0 Å². The molecule has 1 aromatic carbocycles. The standard InChI is InChI=1S/C21H20ClN3O4/c1-28-20-13(4-5-19(24-20)25-9-12-3-2-11(25)10-29-12)14-6-15-16(21(26)27)8-23-18(15)7-17(14)22/h4-8,11-12,23H,2-3,9-10H2,1H3,(H,26,27)/t11-,12-/m0/s1. The summed E-state index contributed by atoms with van der Waals surface area (Å²) in [5.74, 6) is 0.319. The molecule has 0 unspecified atom stereocenters. The summed E-state index contributed by atoms with van der Waals surface area (Å²) in [6, 6.07) is 7.74. The normalized spacial score (nSPS) is 21.0. The van der Waals surface area contributed by atoms with Crippen LogP contribution < -0.4 is 9.64 Å². The minimum Gasteiger partial charge on any atom is -0.480 e. The fraction of sp³-hybridized carbons (Fsp3) is 0.333. The second kappa shape index (κ2) is 6.93. The number of piperidine rings is 1. The average molecular weight is 414 g/mol. The van der Waals surface area contributed by atoms with Crippen molar-refractivity contribution in [3.05, 3.63) is 41.0 Å². The van der Waals surface area contributed by atoms with E-state index in [1.807, 2.05) is 12.1 Å². The number of aromatic carboxylic acids is 1. The predicted octanol–water partition coefficient (Wildman–Crippen LogP) is 3.96. The van der Waals surface area contributed by atoms with Crippen LogP contribution in [0.2, 0.25) is 5.02 Å². The van der Waals surface area contributed by atoms with Gasteiger partial charge in [0.1, 0.15) is 5.82 Å². The van der Waals surface area contributed by atoms with Crippen LogP contribution >= 0.6 is 11.6 Å². The number of pyridine rings is 1. The molecular weight excluding hydrogens is 394 g/mol. The summed E-state index contributed by atoms with van der Waals surface area (Å²) in [6.07, 6.45) is 3.92. The Balaban J connectivity index is 1.58. The van der Waals surface area contributed by atoms with Gasteiger partial charge in [-0.05, 0) is 37.1 Å². The van der Waals surface area contributed by atoms with Crippen molar-refractivity contribution in [3.8, 4) is 17.0 Å². The van der Waals surface area contributed by atoms with Gasteiger partial charge in [-0.15, -0.1) is 0 Å². The number of ether oxygens (including phenoxy) is 2. The van der Waals surface area contributed by atoms with E-state index in [4.69, 9.17) is 26.1 Å². The Morgan fingerprint density at radius 3 is 2.86 bits per heavy atom. The summed E-state index contributed by atoms with van der Waals surface area (Å²) in [4.78, 5) is 21.5. The highest BCUT2D eigenvalue weighted by Crippen LogP contribution is 2.39. The van der Waals surface area contributed by atoms with E-state index in [0.717, 1.165) is 37.4 Å². The van der Waals surface area contributed by atoms with E-state index in [1.54, 1.807) is 19.2 Å². The van der Waals surface area contributed by atoms with Crippen molar-refractivity contribution in [2.24, 2.45) is 0 Å². The topological polar surface area (TPSA) is 87.7 Å². The van der Waals surface area contributed by atoms with Gasteiger partial charge in [-0.25, -0.2) is 4.79 Å². The number of morpholine rings is 1. The molecule has 3 fully saturated rings. The van der Waals surface area contributed by atoms with Crippen LogP contribution in [0.25, 0.3) is 22.0 Å². The Morgan fingerprint density at radius 2 is 2.21 bits per heavy atom. The molecule has 150 valence electrons. The van der Waals surface area contributed by atoms with Gasteiger partial charge in [0.2, 0.25) is 5.88 Å². The van der Waals surface area contributed by atoms with Gasteiger partial charge in [0, 0.05) is 34.8 Å². The molecule has 8 heteroatoms. The lowest BCUT2D eigenvalue weighted by Gasteiger charge is -2.45. The van der Waals surface area contributed by atoms with Crippen molar-refractivity contribution in [2.75, 3.05) is 25.2 Å². The highest BCUT2D eigenvalue weighted by molar-refractivity contribution is 6.34. The number of benzene rings is 1. The van der Waals surface area contributed by atoms with E-state index < -0.39 is 5.97 Å². The molecule has 0 saturated carbocycles. The number of nitrogens with one attached hydrogen (secondary N) is 1. The van der Waals surface area contributed by atoms with Gasteiger partial charge in [0.15, 0.2) is 0 Å². The minimum absolute atomic E-state index is 0.200. The first-order valence-electron chi connectivity index (χ1n) is 9.52. The molecule has 2 N–H and O–H groups in total. The first-order chi connectivity index (χ1) is 14.0. The molecule has 2 aromatic heterocycles. The Bertz CT molecular complexity index is 1100. The van der Waals surface area contributed by atoms with Gasteiger partial charge in [-0.2, -0.15) is 4.98 Å². The number of anilines is 1. The van der Waals surface area contributed by atoms with Gasteiger partial charge in [0.05, 0.1) is 36.4 Å². The van der Waals surface area contributed by atoms with Crippen molar-refractivity contribution in [1.82, 2.24) is 9.97 Å². The lowest BCUT2D eigenvalue weighted by molar-refractivity contribution is -0.0229. The average Bonchev–Trinajstić information content (AvgIpc) is 3.16. The SMILES string of the molecule is COc1nc(N2C[C@@H]3CC[C@H]2CO3)ccc1-c1cc2c(C(=O)O)c[nH]c2cc1Cl. The number of nitrogens with zero attached hydrogens (tertiary/aromatic N) is 2. The molecule has 2 bridgehead atoms. The Morgan fingerprint density at radius 1 is 1.34 bits per heavy atom. The molecule has 0 amide bonds. The predicted molar refractivity (Wildman–Crippen MR) is 110 cm³/mol. The maximum atomic E-state index is 11.5. The third-order valence-electron chi connectivity index (χ3n) is 5.81. The van der Waals surface area contributed by atoms with Gasteiger partial charge < -0.3 is 24.5 Å². The summed E-state index contributed by atoms with van der Waals surface area (Å²) in [7, 11) is 1.58. The van der Waals surface area contributed by atoms with E-state index >= 15 is 0 Å². The zero-order chi connectivity index (χ0) is 20.1. The molecule has 7 nitrogen and oxygen atoms in total. The number of fused-ring (bicyclic) bond motifs is 4. The molecule has 0 spiro atoms. The number of methoxy groups -OCH3 is 1. The minimum atomic E-state index is -0.993. The lowest BCUT2D eigenvalue weighted by Crippen LogP contribution is -2.54. The van der Waals surface area contributed by atoms with Gasteiger partial charge in [-0.1, -0.05) is 11.6 Å². The fourth-order valence-electron chi connectivity index (χ4n) is 4.31. The second-order valence-corrected chi connectivity index (χ2v) is 7.86. The molecule has 3 aromatic rings. The monoisotopic (exact) mass is 413 g/mol. The Labute approximate surface area is 172 Å². The van der Waals surface area contributed by atoms with E-state index in [-0.39, 0.29) is 11.7 Å². The van der Waals surface area contributed by atoms with E-state index in [2.05, 4.69) is 9.88 Å². The van der Waals surface area contributed by atoms with E-state index in [1.165, 1.54) is 6.20 Å². The van der Waals surface area contributed by atoms with Crippen molar-refractivity contribution in [2.45, 2.75) is 25.0 Å². The van der Waals surface area contributed by atoms with Crippen LogP contribution in [0, 0.1) is 0 Å². The highest BCUT2D eigenvalue weighted by Gasteiger charge is 2.35. The lowest BCUT2D eigenvalue weighted by atomic mass is 9.97. The van der Waals surface area contributed by atoms with Crippen LogP contribution in [0.3, 0.4) is 0 Å². The summed E-state index contributed by atoms with van der Waals surface area (Å²) < 4.78 is 11.4. The molecule has 29 heavy (non-hydrogen) atoms. The molecular formula is C21H20ClN3O4. The van der Waals surface area contributed by atoms with Crippen LogP contribution in [0.1, 0.15) is 23.2 Å². The maximum absolute atomic E-state index is 11.5. The van der Waals surface area contributed by atoms with Crippen molar-refractivity contribution in [1.29, 1.82) is 0 Å². The molecule has 0 aliphatic carbocycles. The number of carboxylic acid groups (broad SMARTS) is 1. The second-order valence-electron chi connectivity index (χ2n) is 7.45. The number of rotatable bonds is 4. The summed E-state index contributed by atoms with van der Waals surface area (Å²) in [5, 5.41) is 10.5. The summed E-state index contributed by atoms with van der Waals surface area (Å²) >= 11 is 6.52. The molecule has 3 aliphatic heterocycles. The van der Waals surface area contributed by atoms with Crippen LogP contribution in [0.5, 0.6) is 5.88 Å². The molecule has 3 saturated heterocycles. The third kappa shape index (κ3) is 3.01. The van der Waals surface area contributed by atoms with Crippen LogP contribution in [0.15, 0.2) is 30.5 Å². The molecule has 6 rings (SSSR count). The van der Waals surface area contributed by atoms with Crippen LogP contribution in [-0.4, -0.2) is 53.5 Å². The Kier molecular flexibility index (Phi) is 4.37. The number of carbonyl (C=O) groups is 1. The summed E-state index contributed by atoms with van der Waals surface area (Å²) in [6.45, 7) is 1.56. The molecule has 3 aliphatic rings. The zero-order valence-electron chi connectivity index (χ0n) is 15.8. The number of H-pyrrole nitrogens is 1. The number of hydrogen-bond donors (Lipinski definition) is 2.